The maximum atomic E-state index is 13.1. The molecular weight excluding hydrogens is 426 g/mol. The number of aryl methyl sites for hydroxylation is 2. The Hall–Kier alpha value is -2.71. The van der Waals surface area contributed by atoms with Gasteiger partial charge in [-0.15, -0.1) is 11.3 Å². The van der Waals surface area contributed by atoms with Crippen molar-refractivity contribution >= 4 is 45.0 Å². The molecule has 2 heterocycles. The van der Waals surface area contributed by atoms with Crippen LogP contribution in [0.4, 0.5) is 0 Å². The first-order valence-electron chi connectivity index (χ1n) is 9.45. The van der Waals surface area contributed by atoms with E-state index in [0.29, 0.717) is 31.5 Å². The molecule has 0 fully saturated rings. The van der Waals surface area contributed by atoms with Gasteiger partial charge in [-0.1, -0.05) is 23.7 Å². The molecule has 158 valence electrons. The lowest BCUT2D eigenvalue weighted by Gasteiger charge is -2.16. The number of nitrogens with zero attached hydrogens (tertiary/aromatic N) is 2. The van der Waals surface area contributed by atoms with Crippen LogP contribution in [0.15, 0.2) is 29.1 Å². The summed E-state index contributed by atoms with van der Waals surface area (Å²) in [7, 11) is 0. The lowest BCUT2D eigenvalue weighted by atomic mass is 10.1. The lowest BCUT2D eigenvalue weighted by molar-refractivity contribution is -0.122. The number of benzene rings is 1. The minimum absolute atomic E-state index is 0.178. The smallest absolute Gasteiger partial charge is 0.348 e. The molecule has 1 N–H and O–H groups in total. The SMILES string of the molecule is CCOC(=O)c1sc2nc(C)n(CC(=O)NC(C)c3cccc(Cl)c3)c(=O)c2c1C. The summed E-state index contributed by atoms with van der Waals surface area (Å²) in [5, 5.41) is 3.79. The fourth-order valence-electron chi connectivity index (χ4n) is 3.19. The predicted molar refractivity (Wildman–Crippen MR) is 117 cm³/mol. The molecule has 0 aliphatic carbocycles. The van der Waals surface area contributed by atoms with Crippen molar-refractivity contribution in [2.75, 3.05) is 6.61 Å². The quantitative estimate of drug-likeness (QED) is 0.580. The zero-order valence-corrected chi connectivity index (χ0v) is 18.7. The molecule has 3 aromatic rings. The average Bonchev–Trinajstić information content (AvgIpc) is 3.01. The Balaban J connectivity index is 1.88. The van der Waals surface area contributed by atoms with E-state index < -0.39 is 5.97 Å². The highest BCUT2D eigenvalue weighted by Gasteiger charge is 2.22. The van der Waals surface area contributed by atoms with E-state index in [2.05, 4.69) is 10.3 Å². The van der Waals surface area contributed by atoms with Crippen LogP contribution in [0.1, 0.15) is 46.5 Å². The molecule has 30 heavy (non-hydrogen) atoms. The topological polar surface area (TPSA) is 90.3 Å². The number of fused-ring (bicyclic) bond motifs is 1. The number of amides is 1. The average molecular weight is 448 g/mol. The van der Waals surface area contributed by atoms with Gasteiger partial charge < -0.3 is 10.1 Å². The van der Waals surface area contributed by atoms with Crippen LogP contribution in [0.2, 0.25) is 5.02 Å². The molecular formula is C21H22ClN3O4S. The van der Waals surface area contributed by atoms with E-state index in [1.54, 1.807) is 32.9 Å². The number of halogens is 1. The van der Waals surface area contributed by atoms with Gasteiger partial charge in [0.1, 0.15) is 22.1 Å². The number of nitrogens with one attached hydrogen (secondary N) is 1. The molecule has 0 radical (unpaired) electrons. The van der Waals surface area contributed by atoms with Gasteiger partial charge in [-0.25, -0.2) is 9.78 Å². The summed E-state index contributed by atoms with van der Waals surface area (Å²) < 4.78 is 6.38. The second-order valence-corrected chi connectivity index (χ2v) is 8.29. The van der Waals surface area contributed by atoms with Crippen LogP contribution in [0.25, 0.3) is 10.2 Å². The van der Waals surface area contributed by atoms with Gasteiger partial charge in [0.15, 0.2) is 0 Å². The van der Waals surface area contributed by atoms with E-state index in [9.17, 15) is 14.4 Å². The van der Waals surface area contributed by atoms with Crippen molar-refractivity contribution in [3.63, 3.8) is 0 Å². The third-order valence-electron chi connectivity index (χ3n) is 4.73. The van der Waals surface area contributed by atoms with E-state index in [1.165, 1.54) is 4.57 Å². The van der Waals surface area contributed by atoms with E-state index in [0.717, 1.165) is 16.9 Å². The molecule has 7 nitrogen and oxygen atoms in total. The second-order valence-electron chi connectivity index (χ2n) is 6.85. The summed E-state index contributed by atoms with van der Waals surface area (Å²) in [5.41, 5.74) is 1.03. The Morgan fingerprint density at radius 1 is 1.33 bits per heavy atom. The number of aromatic nitrogens is 2. The molecule has 2 aromatic heterocycles. The molecule has 1 atom stereocenters. The maximum absolute atomic E-state index is 13.1. The third kappa shape index (κ3) is 4.39. The van der Waals surface area contributed by atoms with Crippen molar-refractivity contribution in [2.24, 2.45) is 0 Å². The minimum atomic E-state index is -0.477. The maximum Gasteiger partial charge on any atom is 0.348 e. The fourth-order valence-corrected chi connectivity index (χ4v) is 4.50. The summed E-state index contributed by atoms with van der Waals surface area (Å²) in [5.74, 6) is -0.406. The molecule has 1 unspecified atom stereocenters. The Labute approximate surface area is 182 Å². The van der Waals surface area contributed by atoms with Crippen molar-refractivity contribution in [1.82, 2.24) is 14.9 Å². The molecule has 0 saturated carbocycles. The van der Waals surface area contributed by atoms with Gasteiger partial charge in [0.2, 0.25) is 5.91 Å². The Morgan fingerprint density at radius 3 is 2.73 bits per heavy atom. The first kappa shape index (κ1) is 22.0. The summed E-state index contributed by atoms with van der Waals surface area (Å²) >= 11 is 7.14. The number of carbonyl (C=O) groups is 2. The minimum Gasteiger partial charge on any atom is -0.462 e. The molecule has 0 aliphatic rings. The first-order valence-corrected chi connectivity index (χ1v) is 10.6. The summed E-state index contributed by atoms with van der Waals surface area (Å²) in [6, 6.07) is 6.95. The van der Waals surface area contributed by atoms with E-state index >= 15 is 0 Å². The number of hydrogen-bond acceptors (Lipinski definition) is 6. The molecule has 1 aromatic carbocycles. The monoisotopic (exact) mass is 447 g/mol. The van der Waals surface area contributed by atoms with Crippen LogP contribution in [0.3, 0.4) is 0 Å². The number of thiophene rings is 1. The van der Waals surface area contributed by atoms with Gasteiger partial charge in [-0.3, -0.25) is 14.2 Å². The molecule has 0 saturated heterocycles. The largest absolute Gasteiger partial charge is 0.462 e. The molecule has 0 aliphatic heterocycles. The lowest BCUT2D eigenvalue weighted by Crippen LogP contribution is -2.35. The Morgan fingerprint density at radius 2 is 2.07 bits per heavy atom. The van der Waals surface area contributed by atoms with Gasteiger partial charge in [-0.2, -0.15) is 0 Å². The number of esters is 1. The molecule has 9 heteroatoms. The third-order valence-corrected chi connectivity index (χ3v) is 6.13. The predicted octanol–water partition coefficient (Wildman–Crippen LogP) is 3.78. The van der Waals surface area contributed by atoms with Gasteiger partial charge in [0.25, 0.3) is 5.56 Å². The van der Waals surface area contributed by atoms with Crippen molar-refractivity contribution in [1.29, 1.82) is 0 Å². The summed E-state index contributed by atoms with van der Waals surface area (Å²) in [6.45, 7) is 6.98. The number of carbonyl (C=O) groups excluding carboxylic acids is 2. The van der Waals surface area contributed by atoms with E-state index in [1.807, 2.05) is 19.1 Å². The van der Waals surface area contributed by atoms with Crippen molar-refractivity contribution in [3.8, 4) is 0 Å². The van der Waals surface area contributed by atoms with E-state index in [4.69, 9.17) is 16.3 Å². The molecule has 1 amide bonds. The Bertz CT molecular complexity index is 1180. The van der Waals surface area contributed by atoms with Crippen molar-refractivity contribution in [2.45, 2.75) is 40.3 Å². The highest BCUT2D eigenvalue weighted by atomic mass is 35.5. The zero-order valence-electron chi connectivity index (χ0n) is 17.1. The van der Waals surface area contributed by atoms with Gasteiger partial charge in [0, 0.05) is 5.02 Å². The number of hydrogen-bond donors (Lipinski definition) is 1. The molecule has 0 bridgehead atoms. The molecule has 0 spiro atoms. The van der Waals surface area contributed by atoms with Crippen molar-refractivity contribution in [3.05, 3.63) is 61.5 Å². The molecule has 3 rings (SSSR count). The standard InChI is InChI=1S/C21H22ClN3O4S/c1-5-29-21(28)18-11(2)17-19(30-18)24-13(4)25(20(17)27)10-16(26)23-12(3)14-7-6-8-15(22)9-14/h6-9,12H,5,10H2,1-4H3,(H,23,26). The van der Waals surface area contributed by atoms with Gasteiger partial charge in [-0.05, 0) is 51.0 Å². The van der Waals surface area contributed by atoms with Crippen LogP contribution in [-0.2, 0) is 16.1 Å². The normalized spacial score (nSPS) is 12.0. The fraction of sp³-hybridized carbons (Fsp3) is 0.333. The van der Waals surface area contributed by atoms with Crippen LogP contribution >= 0.6 is 22.9 Å². The number of ether oxygens (including phenoxy) is 1. The van der Waals surface area contributed by atoms with Gasteiger partial charge >= 0.3 is 5.97 Å². The Kier molecular flexibility index (Phi) is 6.58. The van der Waals surface area contributed by atoms with Crippen LogP contribution in [0.5, 0.6) is 0 Å². The highest BCUT2D eigenvalue weighted by molar-refractivity contribution is 7.20. The zero-order chi connectivity index (χ0) is 22.0. The van der Waals surface area contributed by atoms with Crippen LogP contribution in [0, 0.1) is 13.8 Å². The van der Waals surface area contributed by atoms with Gasteiger partial charge in [0.05, 0.1) is 18.0 Å². The highest BCUT2D eigenvalue weighted by Crippen LogP contribution is 2.28. The number of rotatable bonds is 6. The van der Waals surface area contributed by atoms with Crippen LogP contribution < -0.4 is 10.9 Å². The van der Waals surface area contributed by atoms with Crippen LogP contribution in [-0.4, -0.2) is 28.0 Å². The van der Waals surface area contributed by atoms with E-state index in [-0.39, 0.29) is 30.7 Å². The summed E-state index contributed by atoms with van der Waals surface area (Å²) in [4.78, 5) is 43.1. The van der Waals surface area contributed by atoms with Crippen molar-refractivity contribution < 1.29 is 14.3 Å². The second kappa shape index (κ2) is 8.97. The summed E-state index contributed by atoms with van der Waals surface area (Å²) in [6.07, 6.45) is 0. The first-order chi connectivity index (χ1) is 14.2.